The lowest BCUT2D eigenvalue weighted by Crippen LogP contribution is -2.62. The molecule has 9 aromatic rings. The second kappa shape index (κ2) is 17.7. The Bertz CT molecular complexity index is 3990. The summed E-state index contributed by atoms with van der Waals surface area (Å²) in [7, 11) is 0. The summed E-state index contributed by atoms with van der Waals surface area (Å²) in [4.78, 5) is 7.97. The van der Waals surface area contributed by atoms with E-state index in [0.29, 0.717) is 0 Å². The van der Waals surface area contributed by atoms with Crippen molar-refractivity contribution in [3.8, 4) is 0 Å². The summed E-state index contributed by atoms with van der Waals surface area (Å²) in [6, 6.07) is 58.1. The molecule has 8 aromatic carbocycles. The fourth-order valence-corrected chi connectivity index (χ4v) is 16.3. The van der Waals surface area contributed by atoms with Crippen molar-refractivity contribution >= 4 is 106 Å². The predicted molar refractivity (Wildman–Crippen MR) is 355 cm³/mol. The molecule has 13 rings (SSSR count). The van der Waals surface area contributed by atoms with Gasteiger partial charge in [-0.1, -0.05) is 190 Å². The van der Waals surface area contributed by atoms with Crippen LogP contribution in [0, 0.1) is 6.92 Å². The Hall–Kier alpha value is -6.56. The van der Waals surface area contributed by atoms with Gasteiger partial charge >= 0.3 is 0 Å². The standard InChI is InChI=1S/C76H84BN3S/c1-46-38-55-58(76(17,18)45-75(55,15)16)43-62(46)80-64-44-57-56(73(11,12)36-37-74(57,13)14)42-60(64)77-59-35-34-52(78(50-30-26-47(27-31-50)70(2,3)4)51-32-28-48(29-33-51)71(5,6)7)41-63(59)79(65-39-49(72(8,9)10)40-66(80)68(65)77)61-24-21-23-54-53-22-19-20-25-67(53)81-69(54)61/h19-35,38-44H,36-37,45H2,1-18H3. The summed E-state index contributed by atoms with van der Waals surface area (Å²) in [6.07, 6.45) is 3.44. The Balaban J connectivity index is 1.16. The summed E-state index contributed by atoms with van der Waals surface area (Å²) >= 11 is 1.93. The van der Waals surface area contributed by atoms with Crippen molar-refractivity contribution in [1.82, 2.24) is 0 Å². The first kappa shape index (κ1) is 53.7. The van der Waals surface area contributed by atoms with Gasteiger partial charge in [-0.25, -0.2) is 0 Å². The van der Waals surface area contributed by atoms with Crippen molar-refractivity contribution in [1.29, 1.82) is 0 Å². The Morgan fingerprint density at radius 3 is 1.48 bits per heavy atom. The maximum absolute atomic E-state index is 2.76. The van der Waals surface area contributed by atoms with E-state index >= 15 is 0 Å². The van der Waals surface area contributed by atoms with Crippen LogP contribution >= 0.6 is 11.3 Å². The molecule has 0 radical (unpaired) electrons. The molecule has 0 amide bonds. The third kappa shape index (κ3) is 8.47. The van der Waals surface area contributed by atoms with Crippen LogP contribution in [0.5, 0.6) is 0 Å². The van der Waals surface area contributed by atoms with E-state index in [1.54, 1.807) is 0 Å². The van der Waals surface area contributed by atoms with Gasteiger partial charge in [0, 0.05) is 61.0 Å². The molecule has 3 heterocycles. The average Bonchev–Trinajstić information content (AvgIpc) is 4.08. The van der Waals surface area contributed by atoms with Crippen molar-refractivity contribution < 1.29 is 0 Å². The molecule has 0 spiro atoms. The van der Waals surface area contributed by atoms with Crippen LogP contribution in [-0.2, 0) is 37.9 Å². The van der Waals surface area contributed by atoms with E-state index < -0.39 is 0 Å². The maximum atomic E-state index is 2.76. The van der Waals surface area contributed by atoms with Gasteiger partial charge in [-0.3, -0.25) is 0 Å². The normalized spacial score (nSPS) is 17.4. The fourth-order valence-electron chi connectivity index (χ4n) is 15.1. The minimum absolute atomic E-state index is 0.0127. The van der Waals surface area contributed by atoms with E-state index in [4.69, 9.17) is 0 Å². The third-order valence-corrected chi connectivity index (χ3v) is 20.9. The summed E-state index contributed by atoms with van der Waals surface area (Å²) < 4.78 is 2.62. The molecule has 0 unspecified atom stereocenters. The van der Waals surface area contributed by atoms with E-state index in [1.165, 1.54) is 115 Å². The van der Waals surface area contributed by atoms with Gasteiger partial charge in [0.25, 0.3) is 6.71 Å². The van der Waals surface area contributed by atoms with Gasteiger partial charge in [0.2, 0.25) is 0 Å². The Kier molecular flexibility index (Phi) is 11.8. The highest BCUT2D eigenvalue weighted by Gasteiger charge is 2.49. The fraction of sp³-hybridized carbons (Fsp3) is 0.368. The second-order valence-corrected chi connectivity index (χ2v) is 31.6. The summed E-state index contributed by atoms with van der Waals surface area (Å²) in [5, 5.41) is 2.61. The van der Waals surface area contributed by atoms with Gasteiger partial charge in [0.1, 0.15) is 0 Å². The number of hydrogen-bond donors (Lipinski definition) is 0. The van der Waals surface area contributed by atoms with Crippen LogP contribution in [0.3, 0.4) is 0 Å². The van der Waals surface area contributed by atoms with Gasteiger partial charge in [-0.2, -0.15) is 0 Å². The first-order valence-electron chi connectivity index (χ1n) is 30.1. The van der Waals surface area contributed by atoms with Crippen LogP contribution in [0.15, 0.2) is 146 Å². The lowest BCUT2D eigenvalue weighted by molar-refractivity contribution is 0.332. The lowest BCUT2D eigenvalue weighted by Gasteiger charge is -2.48. The van der Waals surface area contributed by atoms with Gasteiger partial charge in [0.15, 0.2) is 0 Å². The van der Waals surface area contributed by atoms with Crippen molar-refractivity contribution in [2.45, 2.75) is 182 Å². The van der Waals surface area contributed by atoms with E-state index in [0.717, 1.165) is 36.3 Å². The molecule has 4 aliphatic rings. The quantitative estimate of drug-likeness (QED) is 0.159. The third-order valence-electron chi connectivity index (χ3n) is 19.7. The molecule has 0 atom stereocenters. The molecule has 0 saturated carbocycles. The Morgan fingerprint density at radius 2 is 0.901 bits per heavy atom. The van der Waals surface area contributed by atoms with E-state index in [2.05, 4.69) is 285 Å². The number of thiophene rings is 1. The van der Waals surface area contributed by atoms with Gasteiger partial charge < -0.3 is 14.7 Å². The van der Waals surface area contributed by atoms with Crippen LogP contribution in [0.25, 0.3) is 20.2 Å². The van der Waals surface area contributed by atoms with Crippen molar-refractivity contribution in [3.05, 3.63) is 190 Å². The molecule has 5 heteroatoms. The largest absolute Gasteiger partial charge is 0.311 e. The predicted octanol–water partition coefficient (Wildman–Crippen LogP) is 20.1. The summed E-state index contributed by atoms with van der Waals surface area (Å²) in [5.74, 6) is 0. The molecule has 412 valence electrons. The van der Waals surface area contributed by atoms with Crippen LogP contribution in [0.1, 0.15) is 181 Å². The monoisotopic (exact) mass is 1080 g/mol. The number of nitrogens with zero attached hydrogens (tertiary/aromatic N) is 3. The highest BCUT2D eigenvalue weighted by atomic mass is 32.1. The van der Waals surface area contributed by atoms with Crippen molar-refractivity contribution in [3.63, 3.8) is 0 Å². The minimum atomic E-state index is -0.166. The molecule has 3 nitrogen and oxygen atoms in total. The van der Waals surface area contributed by atoms with E-state index in [9.17, 15) is 0 Å². The molecular weight excluding hydrogens is 998 g/mol. The first-order chi connectivity index (χ1) is 37.9. The number of rotatable bonds is 5. The number of anilines is 9. The highest BCUT2D eigenvalue weighted by molar-refractivity contribution is 7.26. The zero-order valence-corrected chi connectivity index (χ0v) is 52.6. The summed E-state index contributed by atoms with van der Waals surface area (Å²) in [6.45, 7) is 43.3. The number of aryl methyl sites for hydroxylation is 1. The topological polar surface area (TPSA) is 9.72 Å². The lowest BCUT2D eigenvalue weighted by atomic mass is 9.33. The van der Waals surface area contributed by atoms with Gasteiger partial charge in [0.05, 0.1) is 10.4 Å². The maximum Gasteiger partial charge on any atom is 0.252 e. The highest BCUT2D eigenvalue weighted by Crippen LogP contribution is 2.56. The zero-order valence-electron chi connectivity index (χ0n) is 51.8. The minimum Gasteiger partial charge on any atom is -0.311 e. The Morgan fingerprint density at radius 1 is 0.420 bits per heavy atom. The molecule has 2 aliphatic carbocycles. The average molecular weight is 1080 g/mol. The van der Waals surface area contributed by atoms with Crippen LogP contribution < -0.4 is 31.1 Å². The molecule has 0 N–H and O–H groups in total. The molecule has 0 saturated heterocycles. The second-order valence-electron chi connectivity index (χ2n) is 30.6. The Labute approximate surface area is 489 Å². The van der Waals surface area contributed by atoms with Crippen LogP contribution in [0.4, 0.5) is 51.2 Å². The molecule has 2 aliphatic heterocycles. The van der Waals surface area contributed by atoms with Crippen LogP contribution in [0.2, 0.25) is 0 Å². The number of benzene rings is 8. The molecule has 0 fully saturated rings. The van der Waals surface area contributed by atoms with Gasteiger partial charge in [-0.05, 0) is 198 Å². The number of fused-ring (bicyclic) bond motifs is 9. The summed E-state index contributed by atoms with van der Waals surface area (Å²) in [5.41, 5.74) is 26.5. The molecular formula is C76H84BN3S. The number of hydrogen-bond acceptors (Lipinski definition) is 4. The van der Waals surface area contributed by atoms with Crippen LogP contribution in [-0.4, -0.2) is 6.71 Å². The van der Waals surface area contributed by atoms with E-state index in [-0.39, 0.29) is 44.6 Å². The zero-order chi connectivity index (χ0) is 57.5. The SMILES string of the molecule is Cc1cc2c(cc1N1c3cc4c(cc3B3c5ccc(N(c6ccc(C(C)(C)C)cc6)c6ccc(C(C)(C)C)cc6)cc5N(c5cccc6c5sc5ccccc56)c5cc(C(C)(C)C)cc1c53)C(C)(C)CCC4(C)C)C(C)(C)CC2(C)C. The smallest absolute Gasteiger partial charge is 0.252 e. The molecule has 81 heavy (non-hydrogen) atoms. The van der Waals surface area contributed by atoms with E-state index in [1.807, 2.05) is 11.3 Å². The van der Waals surface area contributed by atoms with Gasteiger partial charge in [-0.15, -0.1) is 11.3 Å². The van der Waals surface area contributed by atoms with Crippen molar-refractivity contribution in [2.75, 3.05) is 14.7 Å². The molecule has 0 bridgehead atoms. The van der Waals surface area contributed by atoms with Crippen molar-refractivity contribution in [2.24, 2.45) is 0 Å². The molecule has 1 aromatic heterocycles. The first-order valence-corrected chi connectivity index (χ1v) is 30.9.